The molecule has 0 saturated carbocycles. The first kappa shape index (κ1) is 19.4. The maximum atomic E-state index is 12.0. The molecular weight excluding hydrogens is 456 g/mol. The predicted octanol–water partition coefficient (Wildman–Crippen LogP) is 5.09. The minimum absolute atomic E-state index is 0.0581. The summed E-state index contributed by atoms with van der Waals surface area (Å²) in [7, 11) is 0. The Hall–Kier alpha value is -1.93. The van der Waals surface area contributed by atoms with Gasteiger partial charge in [-0.1, -0.05) is 19.4 Å². The number of carbonyl (C=O) groups is 1. The number of carbonyl (C=O) groups excluding carboxylic acids is 1. The smallest absolute Gasteiger partial charge is 0.270 e. The van der Waals surface area contributed by atoms with E-state index >= 15 is 0 Å². The molecule has 0 fully saturated rings. The van der Waals surface area contributed by atoms with Crippen molar-refractivity contribution in [2.24, 2.45) is 0 Å². The maximum absolute atomic E-state index is 12.0. The number of ether oxygens (including phenoxy) is 1. The molecule has 0 radical (unpaired) electrons. The van der Waals surface area contributed by atoms with E-state index in [1.807, 2.05) is 18.2 Å². The Labute approximate surface area is 162 Å². The summed E-state index contributed by atoms with van der Waals surface area (Å²) in [6, 6.07) is 9.89. The van der Waals surface area contributed by atoms with Crippen molar-refractivity contribution in [1.82, 2.24) is 0 Å². The molecule has 0 aliphatic heterocycles. The van der Waals surface area contributed by atoms with Gasteiger partial charge in [0.05, 0.1) is 15.1 Å². The summed E-state index contributed by atoms with van der Waals surface area (Å²) in [6.07, 6.45) is 2.03. The Bertz CT molecular complexity index is 796. The standard InChI is InChI=1S/C17H16Br2N2O4/c1-2-3-11-4-7-16(14(19)8-11)25-10-17(22)20-15-6-5-12(21(23)24)9-13(15)18/h4-9H,2-3,10H2,1H3,(H,20,22). The molecule has 0 aliphatic rings. The number of nitro benzene ring substituents is 1. The van der Waals surface area contributed by atoms with E-state index in [2.05, 4.69) is 44.1 Å². The second kappa shape index (κ2) is 8.96. The number of anilines is 1. The van der Waals surface area contributed by atoms with Crippen LogP contribution in [0.3, 0.4) is 0 Å². The number of nitrogens with zero attached hydrogens (tertiary/aromatic N) is 1. The van der Waals surface area contributed by atoms with Crippen molar-refractivity contribution in [3.8, 4) is 5.75 Å². The first-order valence-corrected chi connectivity index (χ1v) is 9.14. The molecule has 6 nitrogen and oxygen atoms in total. The van der Waals surface area contributed by atoms with Gasteiger partial charge in [-0.25, -0.2) is 0 Å². The van der Waals surface area contributed by atoms with Gasteiger partial charge in [0.2, 0.25) is 0 Å². The highest BCUT2D eigenvalue weighted by atomic mass is 79.9. The molecule has 0 saturated heterocycles. The van der Waals surface area contributed by atoms with E-state index in [4.69, 9.17) is 4.74 Å². The zero-order valence-electron chi connectivity index (χ0n) is 13.4. The van der Waals surface area contributed by atoms with Gasteiger partial charge in [-0.05, 0) is 62.0 Å². The van der Waals surface area contributed by atoms with E-state index in [1.54, 1.807) is 0 Å². The lowest BCUT2D eigenvalue weighted by atomic mass is 10.1. The van der Waals surface area contributed by atoms with Crippen LogP contribution in [0.15, 0.2) is 45.3 Å². The molecule has 1 N–H and O–H groups in total. The molecule has 2 aromatic rings. The number of nitro groups is 1. The van der Waals surface area contributed by atoms with E-state index in [0.717, 1.165) is 17.3 Å². The Balaban J connectivity index is 1.96. The summed E-state index contributed by atoms with van der Waals surface area (Å²) in [5, 5.41) is 13.4. The molecule has 2 aromatic carbocycles. The summed E-state index contributed by atoms with van der Waals surface area (Å²) in [5.74, 6) is 0.219. The Morgan fingerprint density at radius 2 is 1.96 bits per heavy atom. The minimum Gasteiger partial charge on any atom is -0.483 e. The second-order valence-electron chi connectivity index (χ2n) is 5.27. The van der Waals surface area contributed by atoms with E-state index in [9.17, 15) is 14.9 Å². The number of nitrogens with one attached hydrogen (secondary N) is 1. The van der Waals surface area contributed by atoms with Gasteiger partial charge in [0.1, 0.15) is 5.75 Å². The van der Waals surface area contributed by atoms with Crippen molar-refractivity contribution in [1.29, 1.82) is 0 Å². The lowest BCUT2D eigenvalue weighted by Crippen LogP contribution is -2.20. The summed E-state index contributed by atoms with van der Waals surface area (Å²) in [4.78, 5) is 22.2. The summed E-state index contributed by atoms with van der Waals surface area (Å²) < 4.78 is 6.75. The fourth-order valence-electron chi connectivity index (χ4n) is 2.15. The highest BCUT2D eigenvalue weighted by Gasteiger charge is 2.12. The molecular formula is C17H16Br2N2O4. The third-order valence-corrected chi connectivity index (χ3v) is 4.61. The fourth-order valence-corrected chi connectivity index (χ4v) is 3.16. The number of hydrogen-bond acceptors (Lipinski definition) is 4. The second-order valence-corrected chi connectivity index (χ2v) is 6.98. The monoisotopic (exact) mass is 470 g/mol. The number of rotatable bonds is 7. The van der Waals surface area contributed by atoms with Crippen molar-refractivity contribution in [2.45, 2.75) is 19.8 Å². The van der Waals surface area contributed by atoms with Crippen LogP contribution in [0.5, 0.6) is 5.75 Å². The Morgan fingerprint density at radius 1 is 1.20 bits per heavy atom. The normalized spacial score (nSPS) is 10.4. The van der Waals surface area contributed by atoms with Crippen molar-refractivity contribution in [3.05, 3.63) is 61.0 Å². The summed E-state index contributed by atoms with van der Waals surface area (Å²) in [6.45, 7) is 1.94. The largest absolute Gasteiger partial charge is 0.483 e. The SMILES string of the molecule is CCCc1ccc(OCC(=O)Nc2ccc([N+](=O)[O-])cc2Br)c(Br)c1. The Morgan fingerprint density at radius 3 is 2.56 bits per heavy atom. The first-order valence-electron chi connectivity index (χ1n) is 7.55. The molecule has 2 rings (SSSR count). The number of halogens is 2. The molecule has 0 spiro atoms. The quantitative estimate of drug-likeness (QED) is 0.450. The van der Waals surface area contributed by atoms with Crippen LogP contribution in [0.1, 0.15) is 18.9 Å². The van der Waals surface area contributed by atoms with Crippen LogP contribution in [-0.2, 0) is 11.2 Å². The molecule has 0 heterocycles. The van der Waals surface area contributed by atoms with Gasteiger partial charge in [-0.15, -0.1) is 0 Å². The van der Waals surface area contributed by atoms with Gasteiger partial charge in [0.25, 0.3) is 11.6 Å². The van der Waals surface area contributed by atoms with Crippen molar-refractivity contribution < 1.29 is 14.5 Å². The lowest BCUT2D eigenvalue weighted by molar-refractivity contribution is -0.384. The minimum atomic E-state index is -0.501. The molecule has 0 bridgehead atoms. The van der Waals surface area contributed by atoms with Gasteiger partial charge in [-0.2, -0.15) is 0 Å². The number of amides is 1. The van der Waals surface area contributed by atoms with Crippen LogP contribution in [0, 0.1) is 10.1 Å². The van der Waals surface area contributed by atoms with Crippen molar-refractivity contribution in [2.75, 3.05) is 11.9 Å². The van der Waals surface area contributed by atoms with E-state index < -0.39 is 4.92 Å². The molecule has 0 aromatic heterocycles. The van der Waals surface area contributed by atoms with E-state index in [1.165, 1.54) is 23.8 Å². The molecule has 0 aliphatic carbocycles. The number of aryl methyl sites for hydroxylation is 1. The van der Waals surface area contributed by atoms with Gasteiger partial charge in [0, 0.05) is 16.6 Å². The molecule has 0 unspecified atom stereocenters. The number of hydrogen-bond donors (Lipinski definition) is 1. The number of benzene rings is 2. The van der Waals surface area contributed by atoms with Crippen LogP contribution < -0.4 is 10.1 Å². The fraction of sp³-hybridized carbons (Fsp3) is 0.235. The van der Waals surface area contributed by atoms with Crippen LogP contribution in [0.2, 0.25) is 0 Å². The van der Waals surface area contributed by atoms with Crippen LogP contribution in [0.4, 0.5) is 11.4 Å². The van der Waals surface area contributed by atoms with Crippen molar-refractivity contribution >= 4 is 49.1 Å². The van der Waals surface area contributed by atoms with Gasteiger partial charge < -0.3 is 10.1 Å². The predicted molar refractivity (Wildman–Crippen MR) is 103 cm³/mol. The first-order chi connectivity index (χ1) is 11.9. The van der Waals surface area contributed by atoms with Gasteiger partial charge in [-0.3, -0.25) is 14.9 Å². The molecule has 1 amide bonds. The van der Waals surface area contributed by atoms with E-state index in [0.29, 0.717) is 15.9 Å². The highest BCUT2D eigenvalue weighted by molar-refractivity contribution is 9.11. The molecule has 0 atom stereocenters. The van der Waals surface area contributed by atoms with Crippen LogP contribution in [-0.4, -0.2) is 17.4 Å². The third kappa shape index (κ3) is 5.54. The summed E-state index contributed by atoms with van der Waals surface area (Å²) in [5.41, 5.74) is 1.58. The molecule has 8 heteroatoms. The zero-order valence-corrected chi connectivity index (χ0v) is 16.6. The van der Waals surface area contributed by atoms with Crippen molar-refractivity contribution in [3.63, 3.8) is 0 Å². The number of non-ortho nitro benzene ring substituents is 1. The third-order valence-electron chi connectivity index (χ3n) is 3.33. The highest BCUT2D eigenvalue weighted by Crippen LogP contribution is 2.28. The molecule has 132 valence electrons. The average molecular weight is 472 g/mol. The van der Waals surface area contributed by atoms with Gasteiger partial charge >= 0.3 is 0 Å². The molecule has 25 heavy (non-hydrogen) atoms. The lowest BCUT2D eigenvalue weighted by Gasteiger charge is -2.11. The average Bonchev–Trinajstić information content (AvgIpc) is 2.56. The summed E-state index contributed by atoms with van der Waals surface area (Å²) >= 11 is 6.65. The van der Waals surface area contributed by atoms with E-state index in [-0.39, 0.29) is 18.2 Å². The maximum Gasteiger partial charge on any atom is 0.270 e. The van der Waals surface area contributed by atoms with Crippen LogP contribution in [0.25, 0.3) is 0 Å². The Kier molecular flexibility index (Phi) is 6.95. The topological polar surface area (TPSA) is 81.5 Å². The van der Waals surface area contributed by atoms with Gasteiger partial charge in [0.15, 0.2) is 6.61 Å². The van der Waals surface area contributed by atoms with Crippen LogP contribution >= 0.6 is 31.9 Å². The zero-order chi connectivity index (χ0) is 18.4.